The van der Waals surface area contributed by atoms with Crippen LogP contribution in [0.25, 0.3) is 0 Å². The van der Waals surface area contributed by atoms with Gasteiger partial charge >= 0.3 is 11.9 Å². The fraction of sp³-hybridized carbons (Fsp3) is 0.704. The number of halogens is 1. The average Bonchev–Trinajstić information content (AvgIpc) is 3.00. The maximum atomic E-state index is 17.1. The van der Waals surface area contributed by atoms with Crippen molar-refractivity contribution in [3.63, 3.8) is 0 Å². The predicted octanol–water partition coefficient (Wildman–Crippen LogP) is 2.70. The molecule has 0 aromatic heterocycles. The van der Waals surface area contributed by atoms with E-state index in [1.54, 1.807) is 26.8 Å². The van der Waals surface area contributed by atoms with E-state index in [9.17, 15) is 29.4 Å². The molecule has 198 valence electrons. The Kier molecular flexibility index (Phi) is 6.57. The molecule has 3 N–H and O–H groups in total. The van der Waals surface area contributed by atoms with Gasteiger partial charge in [0.25, 0.3) is 0 Å². The Morgan fingerprint density at radius 2 is 1.89 bits per heavy atom. The number of carboxylic acid groups (broad SMARTS) is 1. The van der Waals surface area contributed by atoms with Crippen molar-refractivity contribution in [1.82, 2.24) is 0 Å². The lowest BCUT2D eigenvalue weighted by Crippen LogP contribution is -2.69. The fourth-order valence-electron chi connectivity index (χ4n) is 7.85. The molecule has 0 spiro atoms. The summed E-state index contributed by atoms with van der Waals surface area (Å²) >= 11 is 0. The molecule has 4 rings (SSSR count). The molecule has 8 atom stereocenters. The summed E-state index contributed by atoms with van der Waals surface area (Å²) in [5, 5.41) is 31.9. The van der Waals surface area contributed by atoms with Crippen LogP contribution < -0.4 is 0 Å². The molecule has 3 fully saturated rings. The lowest BCUT2D eigenvalue weighted by atomic mass is 9.44. The highest BCUT2D eigenvalue weighted by molar-refractivity contribution is 6.01. The Bertz CT molecular complexity index is 1050. The number of aliphatic hydroxyl groups is 2. The van der Waals surface area contributed by atoms with Crippen LogP contribution in [0.3, 0.4) is 0 Å². The molecule has 0 aromatic rings. The van der Waals surface area contributed by atoms with Crippen molar-refractivity contribution < 1.29 is 43.6 Å². The number of carboxylic acids is 1. The smallest absolute Gasteiger partial charge is 0.306 e. The number of aliphatic carboxylic acids is 1. The van der Waals surface area contributed by atoms with Gasteiger partial charge in [0.2, 0.25) is 5.78 Å². The van der Waals surface area contributed by atoms with Crippen molar-refractivity contribution in [3.8, 4) is 0 Å². The lowest BCUT2D eigenvalue weighted by Gasteiger charge is -2.62. The summed E-state index contributed by atoms with van der Waals surface area (Å²) in [6.07, 6.45) is 3.65. The number of ketones is 2. The van der Waals surface area contributed by atoms with Gasteiger partial charge in [-0.2, -0.15) is 0 Å². The van der Waals surface area contributed by atoms with E-state index in [1.807, 2.05) is 0 Å². The standard InChI is InChI=1S/C27H35FO8/c1-15-11-19-18-8-7-16-12-17(29)9-10-24(16,2)26(18,28)20(30)13-25(19,3)27(15,35)21(31)14-36-23(34)6-4-5-22(32)33/h9-10,12,15,18-20,30,35H,4-8,11,13-14H2,1-3H3,(H,32,33). The van der Waals surface area contributed by atoms with Crippen LogP contribution in [0.2, 0.25) is 0 Å². The molecule has 0 aromatic carbocycles. The minimum Gasteiger partial charge on any atom is -0.481 e. The van der Waals surface area contributed by atoms with Crippen LogP contribution in [0.4, 0.5) is 4.39 Å². The zero-order valence-electron chi connectivity index (χ0n) is 21.0. The molecule has 8 unspecified atom stereocenters. The Morgan fingerprint density at radius 3 is 2.56 bits per heavy atom. The van der Waals surface area contributed by atoms with Gasteiger partial charge in [0, 0.05) is 29.6 Å². The molecule has 0 saturated heterocycles. The third-order valence-corrected chi connectivity index (χ3v) is 9.78. The molecule has 0 heterocycles. The first-order valence-electron chi connectivity index (χ1n) is 12.7. The van der Waals surface area contributed by atoms with E-state index in [-0.39, 0.29) is 31.5 Å². The summed E-state index contributed by atoms with van der Waals surface area (Å²) in [6.45, 7) is 4.47. The second-order valence-electron chi connectivity index (χ2n) is 11.5. The monoisotopic (exact) mass is 506 g/mol. The normalized spacial score (nSPS) is 43.2. The molecular weight excluding hydrogens is 471 g/mol. The third kappa shape index (κ3) is 3.61. The second kappa shape index (κ2) is 8.87. The molecule has 8 nitrogen and oxygen atoms in total. The summed E-state index contributed by atoms with van der Waals surface area (Å²) < 4.78 is 22.2. The Morgan fingerprint density at radius 1 is 1.19 bits per heavy atom. The number of allylic oxidation sites excluding steroid dienone is 4. The molecular formula is C27H35FO8. The first-order valence-corrected chi connectivity index (χ1v) is 12.7. The minimum absolute atomic E-state index is 0.0739. The largest absolute Gasteiger partial charge is 0.481 e. The SMILES string of the molecule is CC1CC2C3CCC4=CC(=O)C=CC4(C)C3(F)C(O)CC2(C)C1(O)C(=O)COC(=O)CCCC(=O)O. The predicted molar refractivity (Wildman–Crippen MR) is 125 cm³/mol. The van der Waals surface area contributed by atoms with E-state index >= 15 is 4.39 Å². The number of ether oxygens (including phenoxy) is 1. The number of Topliss-reactive ketones (excluding diaryl/α,β-unsaturated/α-hetero) is 1. The second-order valence-corrected chi connectivity index (χ2v) is 11.5. The van der Waals surface area contributed by atoms with E-state index in [0.717, 1.165) is 0 Å². The molecule has 0 bridgehead atoms. The molecule has 4 aliphatic carbocycles. The van der Waals surface area contributed by atoms with Crippen molar-refractivity contribution in [1.29, 1.82) is 0 Å². The van der Waals surface area contributed by atoms with Gasteiger partial charge in [-0.15, -0.1) is 0 Å². The molecule has 0 radical (unpaired) electrons. The van der Waals surface area contributed by atoms with Gasteiger partial charge in [-0.25, -0.2) is 4.39 Å². The van der Waals surface area contributed by atoms with Crippen LogP contribution in [0.5, 0.6) is 0 Å². The van der Waals surface area contributed by atoms with E-state index in [1.165, 1.54) is 12.2 Å². The third-order valence-electron chi connectivity index (χ3n) is 9.78. The van der Waals surface area contributed by atoms with Gasteiger partial charge in [0.05, 0.1) is 6.10 Å². The Labute approximate surface area is 209 Å². The zero-order chi connectivity index (χ0) is 26.7. The summed E-state index contributed by atoms with van der Waals surface area (Å²) in [5.41, 5.74) is -5.65. The maximum Gasteiger partial charge on any atom is 0.306 e. The lowest BCUT2D eigenvalue weighted by molar-refractivity contribution is -0.220. The molecule has 0 aliphatic heterocycles. The van der Waals surface area contributed by atoms with E-state index < -0.39 is 70.3 Å². The van der Waals surface area contributed by atoms with Crippen molar-refractivity contribution in [2.75, 3.05) is 6.61 Å². The summed E-state index contributed by atoms with van der Waals surface area (Å²) in [6, 6.07) is 0. The van der Waals surface area contributed by atoms with Gasteiger partial charge < -0.3 is 20.1 Å². The van der Waals surface area contributed by atoms with Crippen molar-refractivity contribution in [2.45, 2.75) is 83.1 Å². The number of hydrogen-bond acceptors (Lipinski definition) is 7. The zero-order valence-corrected chi connectivity index (χ0v) is 21.0. The van der Waals surface area contributed by atoms with Gasteiger partial charge in [-0.1, -0.05) is 25.5 Å². The van der Waals surface area contributed by atoms with Gasteiger partial charge in [-0.05, 0) is 63.0 Å². The van der Waals surface area contributed by atoms with Crippen LogP contribution in [0.15, 0.2) is 23.8 Å². The van der Waals surface area contributed by atoms with Gasteiger partial charge in [-0.3, -0.25) is 19.2 Å². The highest BCUT2D eigenvalue weighted by Crippen LogP contribution is 2.70. The summed E-state index contributed by atoms with van der Waals surface area (Å²) in [5.74, 6) is -4.29. The van der Waals surface area contributed by atoms with Crippen LogP contribution in [0.1, 0.15) is 65.7 Å². The number of fused-ring (bicyclic) bond motifs is 5. The first kappa shape index (κ1) is 26.7. The van der Waals surface area contributed by atoms with Crippen molar-refractivity contribution in [2.24, 2.45) is 28.6 Å². The molecule has 3 saturated carbocycles. The molecule has 36 heavy (non-hydrogen) atoms. The number of alkyl halides is 1. The number of carbonyl (C=O) groups excluding carboxylic acids is 3. The Hall–Kier alpha value is -2.39. The van der Waals surface area contributed by atoms with E-state index in [2.05, 4.69) is 0 Å². The van der Waals surface area contributed by atoms with Crippen molar-refractivity contribution >= 4 is 23.5 Å². The van der Waals surface area contributed by atoms with Crippen LogP contribution in [0, 0.1) is 28.6 Å². The molecule has 4 aliphatic rings. The number of esters is 1. The van der Waals surface area contributed by atoms with E-state index in [0.29, 0.717) is 24.8 Å². The number of hydrogen-bond donors (Lipinski definition) is 3. The Balaban J connectivity index is 1.58. The van der Waals surface area contributed by atoms with Crippen LogP contribution in [-0.4, -0.2) is 62.8 Å². The topological polar surface area (TPSA) is 138 Å². The highest BCUT2D eigenvalue weighted by atomic mass is 19.1. The van der Waals surface area contributed by atoms with Crippen molar-refractivity contribution in [3.05, 3.63) is 23.8 Å². The fourth-order valence-corrected chi connectivity index (χ4v) is 7.85. The summed E-state index contributed by atoms with van der Waals surface area (Å²) in [7, 11) is 0. The number of aliphatic hydroxyl groups excluding tert-OH is 1. The van der Waals surface area contributed by atoms with Crippen LogP contribution >= 0.6 is 0 Å². The number of carbonyl (C=O) groups is 4. The average molecular weight is 507 g/mol. The first-order chi connectivity index (χ1) is 16.7. The summed E-state index contributed by atoms with van der Waals surface area (Å²) in [4.78, 5) is 47.9. The van der Waals surface area contributed by atoms with Gasteiger partial charge in [0.1, 0.15) is 5.60 Å². The molecule has 9 heteroatoms. The van der Waals surface area contributed by atoms with E-state index in [4.69, 9.17) is 9.84 Å². The highest BCUT2D eigenvalue weighted by Gasteiger charge is 2.75. The number of rotatable bonds is 7. The quantitative estimate of drug-likeness (QED) is 0.448. The molecule has 0 amide bonds. The van der Waals surface area contributed by atoms with Gasteiger partial charge in [0.15, 0.2) is 18.1 Å². The minimum atomic E-state index is -2.07. The van der Waals surface area contributed by atoms with Crippen LogP contribution in [-0.2, 0) is 23.9 Å². The maximum absolute atomic E-state index is 17.1.